The third kappa shape index (κ3) is 13.0. The lowest BCUT2D eigenvalue weighted by molar-refractivity contribution is -0.144. The molecule has 2 unspecified atom stereocenters. The average molecular weight is 1060 g/mol. The fraction of sp³-hybridized carbons (Fsp3) is 0.289. The average Bonchev–Trinajstić information content (AvgIpc) is 3.92. The first-order valence-corrected chi connectivity index (χ1v) is 23.4. The van der Waals surface area contributed by atoms with Gasteiger partial charge in [0.15, 0.2) is 11.6 Å². The third-order valence-electron chi connectivity index (χ3n) is 9.14. The van der Waals surface area contributed by atoms with E-state index in [1.54, 1.807) is 25.3 Å². The van der Waals surface area contributed by atoms with Crippen LogP contribution in [0.1, 0.15) is 56.8 Å². The number of aliphatic hydroxyl groups excluding tert-OH is 1. The second-order valence-corrected chi connectivity index (χ2v) is 19.0. The molecule has 0 radical (unpaired) electrons. The van der Waals surface area contributed by atoms with Crippen molar-refractivity contribution in [2.75, 3.05) is 22.7 Å². The van der Waals surface area contributed by atoms with Crippen LogP contribution >= 0.6 is 46.4 Å². The van der Waals surface area contributed by atoms with Crippen molar-refractivity contribution in [2.45, 2.75) is 67.8 Å². The number of hydrogen-bond acceptors (Lipinski definition) is 13. The van der Waals surface area contributed by atoms with E-state index < -0.39 is 75.4 Å². The maximum absolute atomic E-state index is 13.2. The van der Waals surface area contributed by atoms with Gasteiger partial charge in [-0.2, -0.15) is 26.3 Å². The molecule has 0 bridgehead atoms. The minimum atomic E-state index is -4.86. The summed E-state index contributed by atoms with van der Waals surface area (Å²) in [6, 6.07) is 6.15. The minimum absolute atomic E-state index is 0.0174. The zero-order chi connectivity index (χ0) is 49.6. The lowest BCUT2D eigenvalue weighted by Crippen LogP contribution is -2.17. The van der Waals surface area contributed by atoms with Crippen molar-refractivity contribution in [1.29, 1.82) is 0 Å². The number of hydrogen-bond donors (Lipinski definition) is 3. The van der Waals surface area contributed by atoms with Crippen molar-refractivity contribution >= 4 is 83.8 Å². The van der Waals surface area contributed by atoms with Gasteiger partial charge < -0.3 is 19.0 Å². The van der Waals surface area contributed by atoms with Crippen LogP contribution in [0, 0.1) is 0 Å². The Kier molecular flexibility index (Phi) is 16.8. The summed E-state index contributed by atoms with van der Waals surface area (Å²) < 4.78 is 143. The summed E-state index contributed by atoms with van der Waals surface area (Å²) in [5.41, 5.74) is -2.85. The molecule has 67 heavy (non-hydrogen) atoms. The SMILES string of the molecule is CC(CCO)n1cnnc1-c1ncc(Cl)cc1NS(=O)(=O)c1ccc(Cl)c(C(F)(F)F)c1.CCOC(=O)CC(C)n1cnnc1-c1ncc(Cl)cc1NS(=O)(=O)c1ccc(Cl)c(C(F)(F)F)c1. The summed E-state index contributed by atoms with van der Waals surface area (Å²) in [6.45, 7) is 5.24. The zero-order valence-electron chi connectivity index (χ0n) is 34.5. The number of rotatable bonds is 15. The molecule has 4 aromatic heterocycles. The van der Waals surface area contributed by atoms with Gasteiger partial charge in [0.2, 0.25) is 0 Å². The molecule has 4 heterocycles. The molecule has 0 aliphatic heterocycles. The number of carbonyl (C=O) groups is 1. The predicted octanol–water partition coefficient (Wildman–Crippen LogP) is 9.39. The van der Waals surface area contributed by atoms with Crippen molar-refractivity contribution in [2.24, 2.45) is 0 Å². The number of aromatic nitrogens is 8. The summed E-state index contributed by atoms with van der Waals surface area (Å²) in [6.07, 6.45) is -4.17. The Morgan fingerprint density at radius 1 is 0.716 bits per heavy atom. The van der Waals surface area contributed by atoms with Crippen molar-refractivity contribution in [3.05, 3.63) is 105 Å². The smallest absolute Gasteiger partial charge is 0.417 e. The Morgan fingerprint density at radius 2 is 1.13 bits per heavy atom. The number of aliphatic hydroxyl groups is 1. The summed E-state index contributed by atoms with van der Waals surface area (Å²) in [4.78, 5) is 18.8. The number of halogens is 10. The molecule has 0 fully saturated rings. The predicted molar refractivity (Wildman–Crippen MR) is 233 cm³/mol. The summed E-state index contributed by atoms with van der Waals surface area (Å²) >= 11 is 23.1. The van der Waals surface area contributed by atoms with Crippen molar-refractivity contribution < 1.29 is 57.8 Å². The van der Waals surface area contributed by atoms with E-state index in [-0.39, 0.29) is 70.1 Å². The topological polar surface area (TPSA) is 226 Å². The van der Waals surface area contributed by atoms with Gasteiger partial charge in [0, 0.05) is 31.1 Å². The fourth-order valence-corrected chi connectivity index (χ4v) is 8.86. The quantitative estimate of drug-likeness (QED) is 0.0644. The van der Waals surface area contributed by atoms with Gasteiger partial charge in [0.05, 0.1) is 65.4 Å². The van der Waals surface area contributed by atoms with Crippen LogP contribution in [0.5, 0.6) is 0 Å². The number of pyridine rings is 2. The molecule has 29 heteroatoms. The number of esters is 1. The lowest BCUT2D eigenvalue weighted by atomic mass is 10.2. The number of nitrogens with one attached hydrogen (secondary N) is 2. The van der Waals surface area contributed by atoms with Gasteiger partial charge in [-0.1, -0.05) is 46.4 Å². The Labute approximate surface area is 397 Å². The van der Waals surface area contributed by atoms with Crippen LogP contribution in [-0.4, -0.2) is 80.6 Å². The maximum Gasteiger partial charge on any atom is 0.417 e. The van der Waals surface area contributed by atoms with Crippen molar-refractivity contribution in [1.82, 2.24) is 39.5 Å². The number of alkyl halides is 6. The van der Waals surface area contributed by atoms with E-state index in [0.717, 1.165) is 24.3 Å². The molecule has 3 N–H and O–H groups in total. The van der Waals surface area contributed by atoms with Crippen LogP contribution in [0.3, 0.4) is 0 Å². The highest BCUT2D eigenvalue weighted by molar-refractivity contribution is 7.93. The highest BCUT2D eigenvalue weighted by Crippen LogP contribution is 2.39. The molecule has 0 amide bonds. The normalized spacial score (nSPS) is 13.0. The minimum Gasteiger partial charge on any atom is -0.466 e. The van der Waals surface area contributed by atoms with Crippen LogP contribution in [-0.2, 0) is 41.9 Å². The van der Waals surface area contributed by atoms with Crippen molar-refractivity contribution in [3.63, 3.8) is 0 Å². The molecule has 0 saturated heterocycles. The number of anilines is 2. The molecular formula is C38H34Cl4F6N10O7S2. The van der Waals surface area contributed by atoms with Crippen molar-refractivity contribution in [3.8, 4) is 23.0 Å². The van der Waals surface area contributed by atoms with E-state index in [1.165, 1.54) is 41.7 Å². The third-order valence-corrected chi connectivity index (χ3v) is 12.9. The first-order valence-electron chi connectivity index (χ1n) is 18.9. The molecule has 17 nitrogen and oxygen atoms in total. The highest BCUT2D eigenvalue weighted by Gasteiger charge is 2.36. The molecular weight excluding hydrogens is 1030 g/mol. The van der Waals surface area contributed by atoms with Gasteiger partial charge in [-0.3, -0.25) is 14.2 Å². The van der Waals surface area contributed by atoms with Crippen LogP contribution in [0.4, 0.5) is 37.7 Å². The molecule has 6 rings (SSSR count). The molecule has 0 aliphatic carbocycles. The molecule has 0 spiro atoms. The van der Waals surface area contributed by atoms with Gasteiger partial charge in [0.1, 0.15) is 24.0 Å². The standard InChI is InChI=1S/C20H18Cl2F3N5O4S.C18H16Cl2F3N5O3S/c1-3-34-17(31)6-11(2)30-10-27-28-19(30)18-16(7-12(21)9-26-18)29-35(32,33)13-4-5-15(22)14(8-13)20(23,24)25;1-10(4-5-29)28-9-25-26-17(28)16-15(6-11(19)8-24-16)27-32(30,31)12-2-3-14(20)13(7-12)18(21,22)23/h4-5,7-11,29H,3,6H2,1-2H3;2-3,6-10,27,29H,4-5H2,1H3. The van der Waals surface area contributed by atoms with Crippen LogP contribution in [0.15, 0.2) is 83.4 Å². The monoisotopic (exact) mass is 1060 g/mol. The second-order valence-electron chi connectivity index (χ2n) is 13.9. The first kappa shape index (κ1) is 52.7. The summed E-state index contributed by atoms with van der Waals surface area (Å²) in [5, 5.41) is 23.6. The number of ether oxygens (including phenoxy) is 1. The second kappa shape index (κ2) is 21.3. The van der Waals surface area contributed by atoms with E-state index in [0.29, 0.717) is 18.6 Å². The zero-order valence-corrected chi connectivity index (χ0v) is 39.1. The fourth-order valence-electron chi connectivity index (χ4n) is 5.93. The molecule has 6 aromatic rings. The van der Waals surface area contributed by atoms with Crippen LogP contribution < -0.4 is 9.44 Å². The molecule has 2 aromatic carbocycles. The molecule has 0 aliphatic rings. The first-order chi connectivity index (χ1) is 31.3. The highest BCUT2D eigenvalue weighted by atomic mass is 35.5. The van der Waals surface area contributed by atoms with E-state index >= 15 is 0 Å². The van der Waals surface area contributed by atoms with Gasteiger partial charge in [-0.15, -0.1) is 20.4 Å². The number of sulfonamides is 2. The molecule has 360 valence electrons. The van der Waals surface area contributed by atoms with Crippen LogP contribution in [0.25, 0.3) is 23.0 Å². The Bertz CT molecular complexity index is 2980. The van der Waals surface area contributed by atoms with E-state index in [2.05, 4.69) is 39.8 Å². The van der Waals surface area contributed by atoms with Gasteiger partial charge in [-0.05, 0) is 75.7 Å². The number of benzene rings is 2. The molecule has 2 atom stereocenters. The Balaban J connectivity index is 0.000000252. The van der Waals surface area contributed by atoms with Gasteiger partial charge in [0.25, 0.3) is 20.0 Å². The van der Waals surface area contributed by atoms with Gasteiger partial charge >= 0.3 is 18.3 Å². The summed E-state index contributed by atoms with van der Waals surface area (Å²) in [5.74, 6) is -0.205. The largest absolute Gasteiger partial charge is 0.466 e. The number of carbonyl (C=O) groups excluding carboxylic acids is 1. The Morgan fingerprint density at radius 3 is 1.52 bits per heavy atom. The van der Waals surface area contributed by atoms with Gasteiger partial charge in [-0.25, -0.2) is 26.8 Å². The van der Waals surface area contributed by atoms with E-state index in [4.69, 9.17) is 51.1 Å². The number of nitrogens with zero attached hydrogens (tertiary/aromatic N) is 8. The lowest BCUT2D eigenvalue weighted by Gasteiger charge is -2.17. The summed E-state index contributed by atoms with van der Waals surface area (Å²) in [7, 11) is -9.03. The molecule has 0 saturated carbocycles. The maximum atomic E-state index is 13.2. The Hall–Kier alpha value is -5.31. The van der Waals surface area contributed by atoms with E-state index in [1.807, 2.05) is 0 Å². The van der Waals surface area contributed by atoms with E-state index in [9.17, 15) is 53.1 Å². The van der Waals surface area contributed by atoms with Crippen LogP contribution in [0.2, 0.25) is 20.1 Å².